The van der Waals surface area contributed by atoms with Crippen molar-refractivity contribution >= 4 is 28.5 Å². The molecule has 1 amide bonds. The first-order valence-corrected chi connectivity index (χ1v) is 11.0. The van der Waals surface area contributed by atoms with Crippen LogP contribution in [0.4, 0.5) is 5.69 Å². The predicted molar refractivity (Wildman–Crippen MR) is 123 cm³/mol. The molecule has 2 aromatic rings. The molecule has 0 unspecified atom stereocenters. The number of aliphatic imine (C=N–C) groups is 1. The summed E-state index contributed by atoms with van der Waals surface area (Å²) in [6.45, 7) is 5.08. The Morgan fingerprint density at radius 2 is 1.65 bits per heavy atom. The number of thioether (sulfide) groups is 1. The topological polar surface area (TPSA) is 69.6 Å². The van der Waals surface area contributed by atoms with Gasteiger partial charge in [-0.1, -0.05) is 11.8 Å². The molecule has 2 aromatic carbocycles. The van der Waals surface area contributed by atoms with Gasteiger partial charge in [-0.25, -0.2) is 4.99 Å². The number of ether oxygens (including phenoxy) is 4. The monoisotopic (exact) mass is 444 g/mol. The van der Waals surface area contributed by atoms with Crippen LogP contribution in [0.2, 0.25) is 0 Å². The SMILES string of the molecule is CCOc1ccc(N=C2S[C@@H](Cc3cc(OC)c(OC)c(OC)c3)C(=O)N2CC)cc1. The molecule has 0 spiro atoms. The zero-order valence-corrected chi connectivity index (χ0v) is 19.3. The Bertz CT molecular complexity index is 920. The molecule has 8 heteroatoms. The van der Waals surface area contributed by atoms with E-state index in [0.717, 1.165) is 17.0 Å². The number of hydrogen-bond acceptors (Lipinski definition) is 7. The molecule has 0 aromatic heterocycles. The van der Waals surface area contributed by atoms with Gasteiger partial charge < -0.3 is 18.9 Å². The molecule has 0 N–H and O–H groups in total. The minimum atomic E-state index is -0.274. The van der Waals surface area contributed by atoms with Crippen LogP contribution in [-0.4, -0.2) is 55.7 Å². The molecule has 166 valence electrons. The van der Waals surface area contributed by atoms with E-state index in [4.69, 9.17) is 23.9 Å². The van der Waals surface area contributed by atoms with Gasteiger partial charge in [-0.3, -0.25) is 9.69 Å². The number of methoxy groups -OCH3 is 3. The Labute approximate surface area is 187 Å². The van der Waals surface area contributed by atoms with Crippen LogP contribution in [0.15, 0.2) is 41.4 Å². The van der Waals surface area contributed by atoms with Gasteiger partial charge in [-0.05, 0) is 62.2 Å². The van der Waals surface area contributed by atoms with Crippen LogP contribution in [0.25, 0.3) is 0 Å². The lowest BCUT2D eigenvalue weighted by Crippen LogP contribution is -2.32. The van der Waals surface area contributed by atoms with E-state index in [1.807, 2.05) is 50.2 Å². The van der Waals surface area contributed by atoms with Crippen molar-refractivity contribution in [3.05, 3.63) is 42.0 Å². The molecule has 1 saturated heterocycles. The normalized spacial score (nSPS) is 17.2. The van der Waals surface area contributed by atoms with Crippen LogP contribution in [0.5, 0.6) is 23.0 Å². The minimum Gasteiger partial charge on any atom is -0.494 e. The molecular formula is C23H28N2O5S. The Hall–Kier alpha value is -2.87. The van der Waals surface area contributed by atoms with Gasteiger partial charge in [0, 0.05) is 6.54 Å². The highest BCUT2D eigenvalue weighted by atomic mass is 32.2. The number of hydrogen-bond donors (Lipinski definition) is 0. The second-order valence-electron chi connectivity index (χ2n) is 6.75. The van der Waals surface area contributed by atoms with Crippen molar-refractivity contribution in [2.45, 2.75) is 25.5 Å². The minimum absolute atomic E-state index is 0.0472. The highest BCUT2D eigenvalue weighted by molar-refractivity contribution is 8.15. The van der Waals surface area contributed by atoms with Crippen molar-refractivity contribution in [1.82, 2.24) is 4.90 Å². The van der Waals surface area contributed by atoms with Gasteiger partial charge in [0.15, 0.2) is 16.7 Å². The second kappa shape index (κ2) is 10.4. The number of carbonyl (C=O) groups excluding carboxylic acids is 1. The van der Waals surface area contributed by atoms with Crippen LogP contribution < -0.4 is 18.9 Å². The van der Waals surface area contributed by atoms with E-state index in [0.29, 0.717) is 42.0 Å². The van der Waals surface area contributed by atoms with E-state index in [9.17, 15) is 4.79 Å². The molecule has 1 atom stereocenters. The molecule has 1 heterocycles. The molecule has 0 bridgehead atoms. The number of rotatable bonds is 9. The highest BCUT2D eigenvalue weighted by Crippen LogP contribution is 2.40. The van der Waals surface area contributed by atoms with E-state index in [1.165, 1.54) is 11.8 Å². The molecule has 0 saturated carbocycles. The Morgan fingerprint density at radius 3 is 2.16 bits per heavy atom. The Balaban J connectivity index is 1.83. The van der Waals surface area contributed by atoms with Crippen LogP contribution in [0.1, 0.15) is 19.4 Å². The van der Waals surface area contributed by atoms with Crippen LogP contribution in [-0.2, 0) is 11.2 Å². The average molecular weight is 445 g/mol. The van der Waals surface area contributed by atoms with Gasteiger partial charge in [0.25, 0.3) is 0 Å². The van der Waals surface area contributed by atoms with Crippen LogP contribution >= 0.6 is 11.8 Å². The summed E-state index contributed by atoms with van der Waals surface area (Å²) < 4.78 is 21.7. The molecule has 1 aliphatic heterocycles. The van der Waals surface area contributed by atoms with Crippen LogP contribution in [0.3, 0.4) is 0 Å². The number of benzene rings is 2. The van der Waals surface area contributed by atoms with Crippen molar-refractivity contribution in [3.8, 4) is 23.0 Å². The first kappa shape index (κ1) is 22.8. The van der Waals surface area contributed by atoms with Gasteiger partial charge in [-0.2, -0.15) is 0 Å². The fourth-order valence-electron chi connectivity index (χ4n) is 3.38. The van der Waals surface area contributed by atoms with E-state index in [2.05, 4.69) is 0 Å². The molecule has 1 aliphatic rings. The van der Waals surface area contributed by atoms with Crippen molar-refractivity contribution in [1.29, 1.82) is 0 Å². The predicted octanol–water partition coefficient (Wildman–Crippen LogP) is 4.31. The van der Waals surface area contributed by atoms with E-state index in [-0.39, 0.29) is 11.2 Å². The molecule has 1 fully saturated rings. The summed E-state index contributed by atoms with van der Waals surface area (Å²) >= 11 is 1.47. The van der Waals surface area contributed by atoms with Crippen molar-refractivity contribution in [2.75, 3.05) is 34.5 Å². The summed E-state index contributed by atoms with van der Waals surface area (Å²) in [5.74, 6) is 2.53. The first-order valence-electron chi connectivity index (χ1n) is 10.1. The Kier molecular flexibility index (Phi) is 7.68. The standard InChI is InChI=1S/C23H28N2O5S/c1-6-25-22(26)20(14-15-12-18(27-3)21(29-5)19(13-15)28-4)31-23(25)24-16-8-10-17(11-9-16)30-7-2/h8-13,20H,6-7,14H2,1-5H3/t20-/m0/s1. The van der Waals surface area contributed by atoms with Crippen LogP contribution in [0, 0.1) is 0 Å². The number of nitrogens with zero attached hydrogens (tertiary/aromatic N) is 2. The fraction of sp³-hybridized carbons (Fsp3) is 0.391. The Morgan fingerprint density at radius 1 is 1.00 bits per heavy atom. The highest BCUT2D eigenvalue weighted by Gasteiger charge is 2.37. The fourth-order valence-corrected chi connectivity index (χ4v) is 4.64. The zero-order chi connectivity index (χ0) is 22.4. The summed E-state index contributed by atoms with van der Waals surface area (Å²) in [5.41, 5.74) is 1.71. The third-order valence-corrected chi connectivity index (χ3v) is 6.03. The molecule has 31 heavy (non-hydrogen) atoms. The number of amides is 1. The summed E-state index contributed by atoms with van der Waals surface area (Å²) in [6, 6.07) is 11.3. The average Bonchev–Trinajstić information content (AvgIpc) is 3.08. The number of carbonyl (C=O) groups is 1. The van der Waals surface area contributed by atoms with Gasteiger partial charge in [0.1, 0.15) is 5.75 Å². The lowest BCUT2D eigenvalue weighted by atomic mass is 10.1. The van der Waals surface area contributed by atoms with Gasteiger partial charge >= 0.3 is 0 Å². The third kappa shape index (κ3) is 5.07. The second-order valence-corrected chi connectivity index (χ2v) is 7.92. The first-order chi connectivity index (χ1) is 15.0. The largest absolute Gasteiger partial charge is 0.494 e. The summed E-state index contributed by atoms with van der Waals surface area (Å²) in [5, 5.41) is 0.429. The molecule has 0 radical (unpaired) electrons. The molecular weight excluding hydrogens is 416 g/mol. The maximum Gasteiger partial charge on any atom is 0.242 e. The quantitative estimate of drug-likeness (QED) is 0.574. The van der Waals surface area contributed by atoms with E-state index < -0.39 is 0 Å². The zero-order valence-electron chi connectivity index (χ0n) is 18.5. The van der Waals surface area contributed by atoms with E-state index in [1.54, 1.807) is 26.2 Å². The van der Waals surface area contributed by atoms with Crippen molar-refractivity contribution in [2.24, 2.45) is 4.99 Å². The molecule has 7 nitrogen and oxygen atoms in total. The maximum absolute atomic E-state index is 13.0. The van der Waals surface area contributed by atoms with Gasteiger partial charge in [-0.15, -0.1) is 0 Å². The van der Waals surface area contributed by atoms with Gasteiger partial charge in [0.2, 0.25) is 11.7 Å². The molecule has 3 rings (SSSR count). The maximum atomic E-state index is 13.0. The summed E-state index contributed by atoms with van der Waals surface area (Å²) in [7, 11) is 4.73. The van der Waals surface area contributed by atoms with Crippen molar-refractivity contribution < 1.29 is 23.7 Å². The van der Waals surface area contributed by atoms with Gasteiger partial charge in [0.05, 0.1) is 38.9 Å². The third-order valence-electron chi connectivity index (χ3n) is 4.85. The lowest BCUT2D eigenvalue weighted by Gasteiger charge is -2.15. The smallest absolute Gasteiger partial charge is 0.242 e. The lowest BCUT2D eigenvalue weighted by molar-refractivity contribution is -0.126. The van der Waals surface area contributed by atoms with Crippen molar-refractivity contribution in [3.63, 3.8) is 0 Å². The van der Waals surface area contributed by atoms with E-state index >= 15 is 0 Å². The number of amidine groups is 1. The summed E-state index contributed by atoms with van der Waals surface area (Å²) in [6.07, 6.45) is 0.527. The molecule has 0 aliphatic carbocycles. The summed E-state index contributed by atoms with van der Waals surface area (Å²) in [4.78, 5) is 19.5.